The van der Waals surface area contributed by atoms with Crippen LogP contribution >= 0.6 is 11.3 Å². The molecule has 170 valence electrons. The Kier molecular flexibility index (Phi) is 6.84. The molecule has 2 aromatic carbocycles. The van der Waals surface area contributed by atoms with E-state index in [-0.39, 0.29) is 12.5 Å². The van der Waals surface area contributed by atoms with Gasteiger partial charge < -0.3 is 4.90 Å². The highest BCUT2D eigenvalue weighted by molar-refractivity contribution is 7.15. The molecule has 0 radical (unpaired) electrons. The fourth-order valence-corrected chi connectivity index (χ4v) is 4.91. The van der Waals surface area contributed by atoms with Crippen LogP contribution in [0, 0.1) is 12.8 Å². The molecular weight excluding hydrogens is 443 g/mol. The van der Waals surface area contributed by atoms with Crippen molar-refractivity contribution in [1.29, 1.82) is 0 Å². The van der Waals surface area contributed by atoms with Crippen molar-refractivity contribution in [1.82, 2.24) is 4.90 Å². The molecule has 1 amide bonds. The molecule has 1 atom stereocenters. The summed E-state index contributed by atoms with van der Waals surface area (Å²) in [6.07, 6.45) is -0.0217. The van der Waals surface area contributed by atoms with Gasteiger partial charge in [-0.25, -0.2) is 0 Å². The molecule has 0 aliphatic heterocycles. The number of alkyl halides is 3. The molecule has 2 nitrogen and oxygen atoms in total. The molecule has 1 unspecified atom stereocenters. The van der Waals surface area contributed by atoms with Crippen LogP contribution in [0.2, 0.25) is 0 Å². The number of aryl methyl sites for hydroxylation is 1. The van der Waals surface area contributed by atoms with Crippen LogP contribution in [0.15, 0.2) is 90.5 Å². The Bertz CT molecular complexity index is 1180. The predicted molar refractivity (Wildman–Crippen MR) is 127 cm³/mol. The van der Waals surface area contributed by atoms with Gasteiger partial charge in [0.15, 0.2) is 0 Å². The van der Waals surface area contributed by atoms with Gasteiger partial charge in [0.1, 0.15) is 0 Å². The van der Waals surface area contributed by atoms with E-state index >= 15 is 0 Å². The van der Waals surface area contributed by atoms with Crippen molar-refractivity contribution in [3.63, 3.8) is 0 Å². The van der Waals surface area contributed by atoms with Crippen LogP contribution < -0.4 is 0 Å². The zero-order chi connectivity index (χ0) is 23.4. The van der Waals surface area contributed by atoms with Gasteiger partial charge >= 0.3 is 6.18 Å². The summed E-state index contributed by atoms with van der Waals surface area (Å²) in [4.78, 5) is 17.6. The number of rotatable bonds is 6. The first-order valence-corrected chi connectivity index (χ1v) is 11.6. The third-order valence-electron chi connectivity index (χ3n) is 5.60. The molecule has 6 heteroatoms. The zero-order valence-electron chi connectivity index (χ0n) is 18.2. The van der Waals surface area contributed by atoms with E-state index in [0.29, 0.717) is 18.5 Å². The van der Waals surface area contributed by atoms with Gasteiger partial charge in [-0.2, -0.15) is 13.2 Å². The highest BCUT2D eigenvalue weighted by Gasteiger charge is 2.34. The number of amides is 1. The van der Waals surface area contributed by atoms with E-state index in [9.17, 15) is 18.0 Å². The van der Waals surface area contributed by atoms with Crippen molar-refractivity contribution >= 4 is 17.2 Å². The Labute approximate surface area is 195 Å². The maximum atomic E-state index is 13.8. The summed E-state index contributed by atoms with van der Waals surface area (Å²) in [6.45, 7) is 2.55. The van der Waals surface area contributed by atoms with Gasteiger partial charge in [0.05, 0.1) is 5.57 Å². The number of nitrogens with zero attached hydrogens (tertiary/aromatic N) is 1. The molecule has 0 saturated heterocycles. The smallest absolute Gasteiger partial charge is 0.334 e. The molecule has 3 aromatic rings. The average Bonchev–Trinajstić information content (AvgIpc) is 3.24. The Morgan fingerprint density at radius 3 is 2.45 bits per heavy atom. The van der Waals surface area contributed by atoms with Crippen LogP contribution in [-0.2, 0) is 6.54 Å². The number of halogens is 3. The topological polar surface area (TPSA) is 20.3 Å². The van der Waals surface area contributed by atoms with Crippen LogP contribution in [0.5, 0.6) is 0 Å². The lowest BCUT2D eigenvalue weighted by Crippen LogP contribution is -2.35. The lowest BCUT2D eigenvalue weighted by Gasteiger charge is -2.28. The summed E-state index contributed by atoms with van der Waals surface area (Å²) in [5.74, 6) is -0.590. The summed E-state index contributed by atoms with van der Waals surface area (Å²) in [7, 11) is 0. The Morgan fingerprint density at radius 1 is 1.03 bits per heavy atom. The van der Waals surface area contributed by atoms with Crippen molar-refractivity contribution in [3.05, 3.63) is 107 Å². The molecule has 0 spiro atoms. The highest BCUT2D eigenvalue weighted by atomic mass is 32.1. The van der Waals surface area contributed by atoms with E-state index in [0.717, 1.165) is 27.0 Å². The largest absolute Gasteiger partial charge is 0.416 e. The Morgan fingerprint density at radius 2 is 1.76 bits per heavy atom. The van der Waals surface area contributed by atoms with E-state index in [1.54, 1.807) is 28.4 Å². The van der Waals surface area contributed by atoms with E-state index in [2.05, 4.69) is 0 Å². The third kappa shape index (κ3) is 5.63. The highest BCUT2D eigenvalue weighted by Crippen LogP contribution is 2.33. The molecule has 0 bridgehead atoms. The number of hydrogen-bond donors (Lipinski definition) is 0. The van der Waals surface area contributed by atoms with Crippen LogP contribution in [0.25, 0.3) is 10.4 Å². The average molecular weight is 468 g/mol. The first-order chi connectivity index (χ1) is 15.8. The van der Waals surface area contributed by atoms with E-state index in [1.807, 2.05) is 67.6 Å². The lowest BCUT2D eigenvalue weighted by molar-refractivity contribution is -0.0889. The van der Waals surface area contributed by atoms with Crippen LogP contribution in [0.4, 0.5) is 13.2 Å². The summed E-state index contributed by atoms with van der Waals surface area (Å²) in [6, 6.07) is 21.0. The molecule has 1 aliphatic rings. The number of benzene rings is 2. The van der Waals surface area contributed by atoms with Crippen LogP contribution in [-0.4, -0.2) is 23.5 Å². The van der Waals surface area contributed by atoms with Gasteiger partial charge in [0.2, 0.25) is 0 Å². The fourth-order valence-electron chi connectivity index (χ4n) is 4.00. The number of allylic oxidation sites excluding steroid dienone is 3. The molecule has 33 heavy (non-hydrogen) atoms. The zero-order valence-corrected chi connectivity index (χ0v) is 19.0. The van der Waals surface area contributed by atoms with Gasteiger partial charge in [-0.3, -0.25) is 4.79 Å². The molecule has 1 heterocycles. The second-order valence-corrected chi connectivity index (χ2v) is 9.43. The van der Waals surface area contributed by atoms with Crippen LogP contribution in [0.1, 0.15) is 27.2 Å². The first kappa shape index (κ1) is 23.1. The minimum Gasteiger partial charge on any atom is -0.334 e. The van der Waals surface area contributed by atoms with Gasteiger partial charge in [-0.05, 0) is 43.0 Å². The molecule has 0 saturated carbocycles. The Balaban J connectivity index is 1.67. The van der Waals surface area contributed by atoms with Crippen molar-refractivity contribution < 1.29 is 18.0 Å². The molecule has 0 N–H and O–H groups in total. The first-order valence-electron chi connectivity index (χ1n) is 10.8. The molecule has 1 aromatic heterocycles. The van der Waals surface area contributed by atoms with Crippen molar-refractivity contribution in [3.8, 4) is 10.4 Å². The quantitative estimate of drug-likeness (QED) is 0.369. The Hall–Kier alpha value is -3.12. The second-order valence-electron chi connectivity index (χ2n) is 8.15. The second kappa shape index (κ2) is 9.79. The molecule has 0 fully saturated rings. The maximum Gasteiger partial charge on any atom is 0.416 e. The predicted octanol–water partition coefficient (Wildman–Crippen LogP) is 7.43. The lowest BCUT2D eigenvalue weighted by atomic mass is 9.94. The summed E-state index contributed by atoms with van der Waals surface area (Å²) in [5.41, 5.74) is 1.68. The minimum absolute atomic E-state index is 0.183. The van der Waals surface area contributed by atoms with Crippen molar-refractivity contribution in [2.75, 3.05) is 6.54 Å². The standard InChI is InChI=1S/C27H24F3NOS/c1-19-14-15-25(33-19)23-12-5-6-13-24(23)26(32)31(17-20-8-3-2-4-9-20)18-21-10-7-11-22(16-21)27(28,29)30/h2-9,11-16,21H,10,17-18H2,1H3. The van der Waals surface area contributed by atoms with Gasteiger partial charge in [0, 0.05) is 34.0 Å². The molecular formula is C27H24F3NOS. The molecule has 4 rings (SSSR count). The van der Waals surface area contributed by atoms with Gasteiger partial charge in [-0.15, -0.1) is 11.3 Å². The van der Waals surface area contributed by atoms with E-state index < -0.39 is 17.7 Å². The fraction of sp³-hybridized carbons (Fsp3) is 0.222. The molecule has 1 aliphatic carbocycles. The number of carbonyl (C=O) groups is 1. The summed E-state index contributed by atoms with van der Waals surface area (Å²) >= 11 is 1.61. The number of hydrogen-bond acceptors (Lipinski definition) is 2. The third-order valence-corrected chi connectivity index (χ3v) is 6.63. The minimum atomic E-state index is -4.40. The number of thiophene rings is 1. The van der Waals surface area contributed by atoms with E-state index in [4.69, 9.17) is 0 Å². The van der Waals surface area contributed by atoms with Crippen molar-refractivity contribution in [2.24, 2.45) is 5.92 Å². The number of carbonyl (C=O) groups excluding carboxylic acids is 1. The van der Waals surface area contributed by atoms with E-state index in [1.165, 1.54) is 6.08 Å². The van der Waals surface area contributed by atoms with Gasteiger partial charge in [-0.1, -0.05) is 66.8 Å². The summed E-state index contributed by atoms with van der Waals surface area (Å²) in [5, 5.41) is 0. The normalized spacial score (nSPS) is 15.9. The summed E-state index contributed by atoms with van der Waals surface area (Å²) < 4.78 is 39.8. The SMILES string of the molecule is Cc1ccc(-c2ccccc2C(=O)N(Cc2ccccc2)CC2C=C(C(F)(F)F)C=CC2)s1. The van der Waals surface area contributed by atoms with Gasteiger partial charge in [0.25, 0.3) is 5.91 Å². The maximum absolute atomic E-state index is 13.8. The van der Waals surface area contributed by atoms with Crippen LogP contribution in [0.3, 0.4) is 0 Å². The monoisotopic (exact) mass is 467 g/mol. The van der Waals surface area contributed by atoms with Crippen molar-refractivity contribution in [2.45, 2.75) is 26.1 Å².